The molecule has 5 N–H and O–H groups in total. The molecule has 7 nitrogen and oxygen atoms in total. The lowest BCUT2D eigenvalue weighted by Crippen LogP contribution is -2.61. The monoisotopic (exact) mass is 275 g/mol. The number of hydrazine groups is 1. The average Bonchev–Trinajstić information content (AvgIpc) is 2.94. The van der Waals surface area contributed by atoms with Crippen molar-refractivity contribution in [2.24, 2.45) is 10.9 Å². The van der Waals surface area contributed by atoms with Crippen LogP contribution in [0.15, 0.2) is 35.3 Å². The lowest BCUT2D eigenvalue weighted by molar-refractivity contribution is -0.124. The second-order valence-electron chi connectivity index (χ2n) is 4.86. The standard InChI is InChI=1S/C13H17N5O2/c19-10(8-4-2-1-3-5-8)7-14-13-16-11-9(6-15-18-11)12(20)17-13/h1-5,9-11,15,18-19H,6-7H2,(H2,14,16,17,20). The molecule has 0 bridgehead atoms. The molecule has 2 saturated heterocycles. The molecular weight excluding hydrogens is 258 g/mol. The number of benzene rings is 1. The number of aliphatic imine (C=N–C) groups is 1. The highest BCUT2D eigenvalue weighted by Gasteiger charge is 2.37. The molecule has 1 aromatic carbocycles. The van der Waals surface area contributed by atoms with Gasteiger partial charge in [0.1, 0.15) is 6.17 Å². The number of guanidine groups is 1. The molecule has 7 heteroatoms. The Labute approximate surface area is 116 Å². The number of fused-ring (bicyclic) bond motifs is 1. The first-order valence-corrected chi connectivity index (χ1v) is 6.57. The fraction of sp³-hybridized carbons (Fsp3) is 0.385. The van der Waals surface area contributed by atoms with Gasteiger partial charge in [0.25, 0.3) is 0 Å². The molecule has 0 aliphatic carbocycles. The highest BCUT2D eigenvalue weighted by Crippen LogP contribution is 2.13. The predicted octanol–water partition coefficient (Wildman–Crippen LogP) is -1.15. The Bertz CT molecular complexity index is 519. The van der Waals surface area contributed by atoms with E-state index in [9.17, 15) is 9.90 Å². The highest BCUT2D eigenvalue weighted by molar-refractivity contribution is 6.01. The first-order valence-electron chi connectivity index (χ1n) is 6.57. The SMILES string of the molecule is O=C1NC(=NCC(O)c2ccccc2)NC2NNCC12. The number of hydrogen-bond donors (Lipinski definition) is 5. The molecule has 2 aliphatic rings. The van der Waals surface area contributed by atoms with Gasteiger partial charge in [0.2, 0.25) is 5.91 Å². The number of amides is 1. The van der Waals surface area contributed by atoms with E-state index in [2.05, 4.69) is 26.5 Å². The van der Waals surface area contributed by atoms with Crippen molar-refractivity contribution in [3.8, 4) is 0 Å². The molecule has 20 heavy (non-hydrogen) atoms. The lowest BCUT2D eigenvalue weighted by Gasteiger charge is -2.27. The number of nitrogens with zero attached hydrogens (tertiary/aromatic N) is 1. The number of aliphatic hydroxyl groups excluding tert-OH is 1. The Morgan fingerprint density at radius 1 is 1.35 bits per heavy atom. The van der Waals surface area contributed by atoms with Gasteiger partial charge in [0.05, 0.1) is 18.6 Å². The number of carbonyl (C=O) groups is 1. The Kier molecular flexibility index (Phi) is 3.64. The number of rotatable bonds is 3. The Balaban J connectivity index is 1.63. The van der Waals surface area contributed by atoms with E-state index < -0.39 is 6.10 Å². The van der Waals surface area contributed by atoms with Gasteiger partial charge in [0.15, 0.2) is 5.96 Å². The predicted molar refractivity (Wildman–Crippen MR) is 73.4 cm³/mol. The van der Waals surface area contributed by atoms with Gasteiger partial charge in [0, 0.05) is 6.54 Å². The van der Waals surface area contributed by atoms with Gasteiger partial charge in [-0.1, -0.05) is 30.3 Å². The van der Waals surface area contributed by atoms with Crippen LogP contribution in [0.2, 0.25) is 0 Å². The minimum Gasteiger partial charge on any atom is -0.386 e. The van der Waals surface area contributed by atoms with Crippen LogP contribution >= 0.6 is 0 Å². The van der Waals surface area contributed by atoms with Gasteiger partial charge in [-0.2, -0.15) is 0 Å². The van der Waals surface area contributed by atoms with E-state index in [0.717, 1.165) is 5.56 Å². The molecule has 0 saturated carbocycles. The van der Waals surface area contributed by atoms with E-state index in [-0.39, 0.29) is 24.5 Å². The number of nitrogens with one attached hydrogen (secondary N) is 4. The summed E-state index contributed by atoms with van der Waals surface area (Å²) < 4.78 is 0. The topological polar surface area (TPSA) is 97.8 Å². The van der Waals surface area contributed by atoms with Crippen LogP contribution in [0.25, 0.3) is 0 Å². The zero-order valence-corrected chi connectivity index (χ0v) is 10.8. The maximum atomic E-state index is 11.8. The zero-order chi connectivity index (χ0) is 13.9. The van der Waals surface area contributed by atoms with Crippen molar-refractivity contribution in [2.75, 3.05) is 13.1 Å². The maximum Gasteiger partial charge on any atom is 0.234 e. The largest absolute Gasteiger partial charge is 0.386 e. The molecule has 3 rings (SSSR count). The third-order valence-corrected chi connectivity index (χ3v) is 3.46. The maximum absolute atomic E-state index is 11.8. The van der Waals surface area contributed by atoms with Crippen molar-refractivity contribution >= 4 is 11.9 Å². The summed E-state index contributed by atoms with van der Waals surface area (Å²) in [4.78, 5) is 16.1. The van der Waals surface area contributed by atoms with Crippen molar-refractivity contribution < 1.29 is 9.90 Å². The normalized spacial score (nSPS) is 28.6. The van der Waals surface area contributed by atoms with E-state index >= 15 is 0 Å². The summed E-state index contributed by atoms with van der Waals surface area (Å²) in [6.07, 6.45) is -0.842. The van der Waals surface area contributed by atoms with Crippen LogP contribution in [-0.4, -0.2) is 36.2 Å². The van der Waals surface area contributed by atoms with Crippen LogP contribution in [0.4, 0.5) is 0 Å². The quantitative estimate of drug-likeness (QED) is 0.480. The first-order chi connectivity index (χ1) is 9.74. The fourth-order valence-electron chi connectivity index (χ4n) is 2.31. The van der Waals surface area contributed by atoms with Crippen LogP contribution in [0, 0.1) is 5.92 Å². The van der Waals surface area contributed by atoms with E-state index in [0.29, 0.717) is 12.5 Å². The fourth-order valence-corrected chi connectivity index (χ4v) is 2.31. The van der Waals surface area contributed by atoms with Crippen molar-refractivity contribution in [3.05, 3.63) is 35.9 Å². The second kappa shape index (κ2) is 5.58. The van der Waals surface area contributed by atoms with Crippen LogP contribution < -0.4 is 21.5 Å². The van der Waals surface area contributed by atoms with Gasteiger partial charge >= 0.3 is 0 Å². The van der Waals surface area contributed by atoms with E-state index in [4.69, 9.17) is 0 Å². The van der Waals surface area contributed by atoms with E-state index in [1.54, 1.807) is 0 Å². The van der Waals surface area contributed by atoms with Gasteiger partial charge < -0.3 is 10.4 Å². The molecule has 0 radical (unpaired) electrons. The highest BCUT2D eigenvalue weighted by atomic mass is 16.3. The summed E-state index contributed by atoms with van der Waals surface area (Å²) in [5.41, 5.74) is 6.70. The molecule has 2 heterocycles. The van der Waals surface area contributed by atoms with Crippen LogP contribution in [-0.2, 0) is 4.79 Å². The lowest BCUT2D eigenvalue weighted by atomic mass is 10.1. The van der Waals surface area contributed by atoms with Gasteiger partial charge in [-0.25, -0.2) is 10.4 Å². The summed E-state index contributed by atoms with van der Waals surface area (Å²) in [6.45, 7) is 0.779. The summed E-state index contributed by atoms with van der Waals surface area (Å²) in [5, 5.41) is 15.8. The zero-order valence-electron chi connectivity index (χ0n) is 10.8. The Morgan fingerprint density at radius 3 is 2.95 bits per heavy atom. The summed E-state index contributed by atoms with van der Waals surface area (Å²) in [5.74, 6) is 0.176. The molecule has 1 aromatic rings. The number of carbonyl (C=O) groups excluding carboxylic acids is 1. The first kappa shape index (κ1) is 13.0. The summed E-state index contributed by atoms with van der Waals surface area (Å²) in [6, 6.07) is 9.31. The van der Waals surface area contributed by atoms with Gasteiger partial charge in [-0.15, -0.1) is 0 Å². The van der Waals surface area contributed by atoms with Crippen molar-refractivity contribution in [3.63, 3.8) is 0 Å². The minimum absolute atomic E-state index is 0.0702. The number of aliphatic hydroxyl groups is 1. The Hall–Kier alpha value is -1.96. The molecule has 106 valence electrons. The van der Waals surface area contributed by atoms with Gasteiger partial charge in [-0.3, -0.25) is 15.5 Å². The van der Waals surface area contributed by atoms with Crippen LogP contribution in [0.5, 0.6) is 0 Å². The third kappa shape index (κ3) is 2.64. The molecule has 3 unspecified atom stereocenters. The average molecular weight is 275 g/mol. The third-order valence-electron chi connectivity index (χ3n) is 3.46. The summed E-state index contributed by atoms with van der Waals surface area (Å²) in [7, 11) is 0. The van der Waals surface area contributed by atoms with Crippen molar-refractivity contribution in [1.29, 1.82) is 0 Å². The molecule has 3 atom stereocenters. The van der Waals surface area contributed by atoms with E-state index in [1.807, 2.05) is 30.3 Å². The van der Waals surface area contributed by atoms with Crippen molar-refractivity contribution in [1.82, 2.24) is 21.5 Å². The molecule has 0 spiro atoms. The van der Waals surface area contributed by atoms with Crippen LogP contribution in [0.3, 0.4) is 0 Å². The second-order valence-corrected chi connectivity index (χ2v) is 4.86. The van der Waals surface area contributed by atoms with Crippen molar-refractivity contribution in [2.45, 2.75) is 12.3 Å². The molecule has 2 fully saturated rings. The summed E-state index contributed by atoms with van der Waals surface area (Å²) >= 11 is 0. The molecule has 1 amide bonds. The number of hydrogen-bond acceptors (Lipinski definition) is 5. The van der Waals surface area contributed by atoms with Gasteiger partial charge in [-0.05, 0) is 5.56 Å². The molecular formula is C13H17N5O2. The molecule has 2 aliphatic heterocycles. The Morgan fingerprint density at radius 2 is 2.15 bits per heavy atom. The van der Waals surface area contributed by atoms with Crippen LogP contribution in [0.1, 0.15) is 11.7 Å². The minimum atomic E-state index is -0.685. The molecule has 0 aromatic heterocycles. The van der Waals surface area contributed by atoms with E-state index in [1.165, 1.54) is 0 Å². The smallest absolute Gasteiger partial charge is 0.234 e.